The molecule has 2 amide bonds. The molecule has 2 aromatic rings. The van der Waals surface area contributed by atoms with Gasteiger partial charge in [-0.05, 0) is 51.8 Å². The summed E-state index contributed by atoms with van der Waals surface area (Å²) in [6.07, 6.45) is 0.747. The predicted molar refractivity (Wildman–Crippen MR) is 143 cm³/mol. The van der Waals surface area contributed by atoms with E-state index in [1.54, 1.807) is 25.1 Å². The number of ether oxygens (including phenoxy) is 2. The highest BCUT2D eigenvalue weighted by molar-refractivity contribution is 7.92. The van der Waals surface area contributed by atoms with Crippen LogP contribution in [0.1, 0.15) is 45.2 Å². The van der Waals surface area contributed by atoms with Gasteiger partial charge < -0.3 is 19.7 Å². The maximum atomic E-state index is 13.7. The number of amides is 2. The summed E-state index contributed by atoms with van der Waals surface area (Å²) in [5.41, 5.74) is 2.21. The van der Waals surface area contributed by atoms with E-state index in [-0.39, 0.29) is 24.2 Å². The van der Waals surface area contributed by atoms with E-state index in [2.05, 4.69) is 5.32 Å². The second-order valence-corrected chi connectivity index (χ2v) is 11.4. The SMILES string of the molecule is CC[C@@H](C)NC(=O)[C@@H](C)N(Cc1ccc(C)cc1)C(=O)CN(c1ccc2c(c1)OCCO2)S(=O)(=O)CC. The number of nitrogens with one attached hydrogen (secondary N) is 1. The molecule has 0 bridgehead atoms. The summed E-state index contributed by atoms with van der Waals surface area (Å²) in [4.78, 5) is 28.2. The number of rotatable bonds is 11. The second-order valence-electron chi connectivity index (χ2n) is 9.24. The van der Waals surface area contributed by atoms with Crippen LogP contribution in [0.4, 0.5) is 5.69 Å². The lowest BCUT2D eigenvalue weighted by atomic mass is 10.1. The van der Waals surface area contributed by atoms with Crippen molar-refractivity contribution in [3.63, 3.8) is 0 Å². The Morgan fingerprint density at radius 2 is 1.65 bits per heavy atom. The van der Waals surface area contributed by atoms with E-state index in [9.17, 15) is 18.0 Å². The molecular formula is C27H37N3O6S. The Morgan fingerprint density at radius 3 is 2.27 bits per heavy atom. The van der Waals surface area contributed by atoms with E-state index in [1.165, 1.54) is 11.8 Å². The smallest absolute Gasteiger partial charge is 0.244 e. The highest BCUT2D eigenvalue weighted by Crippen LogP contribution is 2.35. The van der Waals surface area contributed by atoms with Crippen LogP contribution in [0.2, 0.25) is 0 Å². The van der Waals surface area contributed by atoms with Gasteiger partial charge >= 0.3 is 0 Å². The Labute approximate surface area is 219 Å². The summed E-state index contributed by atoms with van der Waals surface area (Å²) in [6, 6.07) is 11.6. The van der Waals surface area contributed by atoms with Crippen molar-refractivity contribution >= 4 is 27.5 Å². The van der Waals surface area contributed by atoms with Crippen molar-refractivity contribution < 1.29 is 27.5 Å². The number of nitrogens with zero attached hydrogens (tertiary/aromatic N) is 2. The largest absolute Gasteiger partial charge is 0.486 e. The highest BCUT2D eigenvalue weighted by Gasteiger charge is 2.32. The number of anilines is 1. The average Bonchev–Trinajstić information content (AvgIpc) is 2.90. The zero-order chi connectivity index (χ0) is 27.2. The summed E-state index contributed by atoms with van der Waals surface area (Å²) < 4.78 is 38.5. The number of carbonyl (C=O) groups is 2. The molecule has 0 aliphatic carbocycles. The minimum absolute atomic E-state index is 0.0547. The predicted octanol–water partition coefficient (Wildman–Crippen LogP) is 3.25. The zero-order valence-corrected chi connectivity index (χ0v) is 23.0. The van der Waals surface area contributed by atoms with Crippen LogP contribution in [0.15, 0.2) is 42.5 Å². The van der Waals surface area contributed by atoms with Crippen molar-refractivity contribution in [1.82, 2.24) is 10.2 Å². The van der Waals surface area contributed by atoms with Crippen molar-refractivity contribution in [3.8, 4) is 11.5 Å². The molecule has 2 atom stereocenters. The van der Waals surface area contributed by atoms with Crippen LogP contribution in [0.25, 0.3) is 0 Å². The van der Waals surface area contributed by atoms with Crippen LogP contribution in [-0.4, -0.2) is 62.7 Å². The summed E-state index contributed by atoms with van der Waals surface area (Å²) in [7, 11) is -3.83. The second kappa shape index (κ2) is 12.3. The monoisotopic (exact) mass is 531 g/mol. The van der Waals surface area contributed by atoms with Crippen LogP contribution < -0.4 is 19.1 Å². The van der Waals surface area contributed by atoms with Gasteiger partial charge in [0.25, 0.3) is 0 Å². The Kier molecular flexibility index (Phi) is 9.42. The molecule has 0 saturated carbocycles. The summed E-state index contributed by atoms with van der Waals surface area (Å²) in [5, 5.41) is 2.93. The molecule has 0 saturated heterocycles. The molecule has 9 nitrogen and oxygen atoms in total. The van der Waals surface area contributed by atoms with Gasteiger partial charge in [0.1, 0.15) is 25.8 Å². The molecular weight excluding hydrogens is 494 g/mol. The third kappa shape index (κ3) is 7.15. The normalized spacial score (nSPS) is 14.4. The first-order valence-electron chi connectivity index (χ1n) is 12.6. The first-order valence-corrected chi connectivity index (χ1v) is 14.2. The van der Waals surface area contributed by atoms with Crippen LogP contribution in [-0.2, 0) is 26.2 Å². The molecule has 1 N–H and O–H groups in total. The number of benzene rings is 2. The van der Waals surface area contributed by atoms with Crippen molar-refractivity contribution in [3.05, 3.63) is 53.6 Å². The Morgan fingerprint density at radius 1 is 1.00 bits per heavy atom. The van der Waals surface area contributed by atoms with Crippen LogP contribution in [0.5, 0.6) is 11.5 Å². The molecule has 0 fully saturated rings. The quantitative estimate of drug-likeness (QED) is 0.477. The first kappa shape index (κ1) is 28.3. The highest BCUT2D eigenvalue weighted by atomic mass is 32.2. The van der Waals surface area contributed by atoms with Crippen molar-refractivity contribution in [2.24, 2.45) is 0 Å². The van der Waals surface area contributed by atoms with Gasteiger partial charge in [-0.15, -0.1) is 0 Å². The lowest BCUT2D eigenvalue weighted by Crippen LogP contribution is -2.52. The fraction of sp³-hybridized carbons (Fsp3) is 0.481. The first-order chi connectivity index (χ1) is 17.6. The van der Waals surface area contributed by atoms with Crippen LogP contribution >= 0.6 is 0 Å². The van der Waals surface area contributed by atoms with E-state index in [1.807, 2.05) is 45.0 Å². The van der Waals surface area contributed by atoms with Crippen molar-refractivity contribution in [2.45, 2.75) is 59.7 Å². The number of carbonyl (C=O) groups excluding carboxylic acids is 2. The van der Waals surface area contributed by atoms with Gasteiger partial charge in [0.15, 0.2) is 11.5 Å². The molecule has 1 heterocycles. The van der Waals surface area contributed by atoms with Crippen LogP contribution in [0.3, 0.4) is 0 Å². The number of aryl methyl sites for hydroxylation is 1. The number of fused-ring (bicyclic) bond motifs is 1. The molecule has 10 heteroatoms. The topological polar surface area (TPSA) is 105 Å². The lowest BCUT2D eigenvalue weighted by Gasteiger charge is -2.32. The summed E-state index contributed by atoms with van der Waals surface area (Å²) >= 11 is 0. The van der Waals surface area contributed by atoms with E-state index < -0.39 is 28.5 Å². The summed E-state index contributed by atoms with van der Waals surface area (Å²) in [6.45, 7) is 9.48. The van der Waals surface area contributed by atoms with Crippen molar-refractivity contribution in [1.29, 1.82) is 0 Å². The minimum Gasteiger partial charge on any atom is -0.486 e. The van der Waals surface area contributed by atoms with E-state index in [0.717, 1.165) is 21.9 Å². The maximum Gasteiger partial charge on any atom is 0.244 e. The van der Waals surface area contributed by atoms with E-state index in [0.29, 0.717) is 30.4 Å². The van der Waals surface area contributed by atoms with Crippen molar-refractivity contribution in [2.75, 3.05) is 29.8 Å². The Balaban J connectivity index is 1.94. The van der Waals surface area contributed by atoms with E-state index in [4.69, 9.17) is 9.47 Å². The molecule has 0 unspecified atom stereocenters. The third-order valence-corrected chi connectivity index (χ3v) is 8.18. The van der Waals surface area contributed by atoms with Gasteiger partial charge in [0, 0.05) is 18.7 Å². The maximum absolute atomic E-state index is 13.7. The fourth-order valence-electron chi connectivity index (χ4n) is 3.85. The molecule has 1 aliphatic rings. The molecule has 2 aromatic carbocycles. The number of hydrogen-bond donors (Lipinski definition) is 1. The van der Waals surface area contributed by atoms with Gasteiger partial charge in [-0.2, -0.15) is 0 Å². The molecule has 3 rings (SSSR count). The van der Waals surface area contributed by atoms with Gasteiger partial charge in [-0.1, -0.05) is 36.8 Å². The fourth-order valence-corrected chi connectivity index (χ4v) is 4.90. The van der Waals surface area contributed by atoms with Gasteiger partial charge in [-0.25, -0.2) is 8.42 Å². The molecule has 0 radical (unpaired) electrons. The van der Waals surface area contributed by atoms with Crippen LogP contribution in [0, 0.1) is 6.92 Å². The van der Waals surface area contributed by atoms with Gasteiger partial charge in [-0.3, -0.25) is 13.9 Å². The molecule has 202 valence electrons. The number of hydrogen-bond acceptors (Lipinski definition) is 6. The molecule has 1 aliphatic heterocycles. The molecule has 37 heavy (non-hydrogen) atoms. The Hall–Kier alpha value is -3.27. The Bertz CT molecular complexity index is 1200. The summed E-state index contributed by atoms with van der Waals surface area (Å²) in [5.74, 6) is -0.0355. The third-order valence-electron chi connectivity index (χ3n) is 6.44. The average molecular weight is 532 g/mol. The standard InChI is InChI=1S/C27H37N3O6S/c1-6-20(4)28-27(32)21(5)29(17-22-10-8-19(3)9-11-22)26(31)18-30(37(33,34)7-2)23-12-13-24-25(16-23)36-15-14-35-24/h8-13,16,20-21H,6-7,14-15,17-18H2,1-5H3,(H,28,32)/t20-,21-/m1/s1. The lowest BCUT2D eigenvalue weighted by molar-refractivity contribution is -0.139. The zero-order valence-electron chi connectivity index (χ0n) is 22.2. The molecule has 0 spiro atoms. The molecule has 0 aromatic heterocycles. The van der Waals surface area contributed by atoms with E-state index >= 15 is 0 Å². The van der Waals surface area contributed by atoms with Gasteiger partial charge in [0.05, 0.1) is 11.4 Å². The van der Waals surface area contributed by atoms with Gasteiger partial charge in [0.2, 0.25) is 21.8 Å². The minimum atomic E-state index is -3.83. The number of sulfonamides is 1.